The van der Waals surface area contributed by atoms with E-state index in [2.05, 4.69) is 6.07 Å². The Morgan fingerprint density at radius 3 is 1.25 bits per heavy atom. The van der Waals surface area contributed by atoms with Gasteiger partial charge < -0.3 is 0 Å². The Morgan fingerprint density at radius 1 is 0.833 bits per heavy atom. The van der Waals surface area contributed by atoms with Crippen molar-refractivity contribution in [2.75, 3.05) is 0 Å². The van der Waals surface area contributed by atoms with Crippen LogP contribution in [-0.4, -0.2) is 0 Å². The van der Waals surface area contributed by atoms with Gasteiger partial charge in [-0.05, 0) is 0 Å². The fourth-order valence-corrected chi connectivity index (χ4v) is 0.342. The second-order valence-electron chi connectivity index (χ2n) is 1.21. The molecule has 0 bridgehead atoms. The first-order valence-electron chi connectivity index (χ1n) is 2.27. The van der Waals surface area contributed by atoms with E-state index in [9.17, 15) is 0 Å². The molecule has 0 aliphatic heterocycles. The minimum atomic E-state index is -1.57. The SMILES string of the molecule is [Cl][Pd-]([Cl])[Cl].[Li+].[Li+].[c-]1ccccc1. The van der Waals surface area contributed by atoms with Crippen LogP contribution in [0.4, 0.5) is 0 Å². The molecule has 0 radical (unpaired) electrons. The summed E-state index contributed by atoms with van der Waals surface area (Å²) in [6, 6.07) is 12.5. The molecule has 0 N–H and O–H groups in total. The van der Waals surface area contributed by atoms with E-state index in [0.29, 0.717) is 0 Å². The van der Waals surface area contributed by atoms with Crippen LogP contribution in [0.1, 0.15) is 0 Å². The molecule has 1 rings (SSSR count). The zero-order chi connectivity index (χ0) is 7.82. The van der Waals surface area contributed by atoms with Crippen LogP contribution in [0.5, 0.6) is 0 Å². The van der Waals surface area contributed by atoms with Crippen molar-refractivity contribution in [1.82, 2.24) is 0 Å². The molecule has 0 aliphatic carbocycles. The van der Waals surface area contributed by atoms with Crippen LogP contribution in [0.25, 0.3) is 0 Å². The molecule has 0 aliphatic rings. The molecular weight excluding hydrogens is 299 g/mol. The second kappa shape index (κ2) is 15.4. The molecule has 12 heavy (non-hydrogen) atoms. The average Bonchev–Trinajstić information content (AvgIpc) is 1.90. The minimum absolute atomic E-state index is 0. The zero-order valence-electron chi connectivity index (χ0n) is 6.84. The molecular formula is C6H5Cl3Li2Pd. The summed E-state index contributed by atoms with van der Waals surface area (Å²) in [7, 11) is 14.8. The quantitative estimate of drug-likeness (QED) is 0.369. The first kappa shape index (κ1) is 19.5. The van der Waals surface area contributed by atoms with Crippen molar-refractivity contribution in [3.8, 4) is 0 Å². The smallest absolute Gasteiger partial charge is 0.184 e. The maximum Gasteiger partial charge on any atom is 1.00 e. The summed E-state index contributed by atoms with van der Waals surface area (Å²) in [6.45, 7) is 0. The van der Waals surface area contributed by atoms with Crippen molar-refractivity contribution in [3.05, 3.63) is 36.4 Å². The van der Waals surface area contributed by atoms with Crippen LogP contribution in [0.3, 0.4) is 0 Å². The predicted octanol–water partition coefficient (Wildman–Crippen LogP) is -2.44. The molecule has 0 atom stereocenters. The molecule has 0 aromatic heterocycles. The summed E-state index contributed by atoms with van der Waals surface area (Å²) in [5, 5.41) is 0. The Hall–Kier alpha value is 1.95. The Bertz CT molecular complexity index is 121. The summed E-state index contributed by atoms with van der Waals surface area (Å²) in [5.74, 6) is 0. The van der Waals surface area contributed by atoms with Gasteiger partial charge in [-0.2, -0.15) is 36.4 Å². The van der Waals surface area contributed by atoms with Crippen LogP contribution in [-0.2, 0) is 13.7 Å². The molecule has 0 fully saturated rings. The molecule has 0 unspecified atom stereocenters. The van der Waals surface area contributed by atoms with Gasteiger partial charge in [0.05, 0.1) is 0 Å². The van der Waals surface area contributed by atoms with Crippen LogP contribution >= 0.6 is 28.6 Å². The second-order valence-corrected chi connectivity index (χ2v) is 8.29. The third-order valence-electron chi connectivity index (χ3n) is 0.607. The van der Waals surface area contributed by atoms with Gasteiger partial charge in [-0.25, -0.2) is 0 Å². The van der Waals surface area contributed by atoms with Gasteiger partial charge >= 0.3 is 80.0 Å². The van der Waals surface area contributed by atoms with Crippen LogP contribution in [0, 0.1) is 6.07 Å². The average molecular weight is 304 g/mol. The Kier molecular flexibility index (Phi) is 25.1. The predicted molar refractivity (Wildman–Crippen MR) is 42.8 cm³/mol. The Labute approximate surface area is 115 Å². The maximum atomic E-state index is 4.92. The molecule has 1 aromatic rings. The van der Waals surface area contributed by atoms with Crippen molar-refractivity contribution in [2.24, 2.45) is 0 Å². The maximum absolute atomic E-state index is 4.92. The van der Waals surface area contributed by atoms with Crippen molar-refractivity contribution < 1.29 is 51.4 Å². The van der Waals surface area contributed by atoms with Gasteiger partial charge in [-0.1, -0.05) is 0 Å². The first-order chi connectivity index (χ1) is 4.73. The number of benzene rings is 1. The summed E-state index contributed by atoms with van der Waals surface area (Å²) < 4.78 is 0. The normalized spacial score (nSPS) is 7.75. The van der Waals surface area contributed by atoms with Crippen LogP contribution in [0.15, 0.2) is 30.3 Å². The summed E-state index contributed by atoms with van der Waals surface area (Å²) >= 11 is -1.57. The van der Waals surface area contributed by atoms with E-state index in [1.54, 1.807) is 0 Å². The third kappa shape index (κ3) is 22.7. The minimum Gasteiger partial charge on any atom is -0.184 e. The van der Waals surface area contributed by atoms with Gasteiger partial charge in [0, 0.05) is 0 Å². The number of hydrogen-bond acceptors (Lipinski definition) is 0. The van der Waals surface area contributed by atoms with Crippen molar-refractivity contribution in [2.45, 2.75) is 0 Å². The van der Waals surface area contributed by atoms with Gasteiger partial charge in [0.25, 0.3) is 0 Å². The first-order valence-corrected chi connectivity index (χ1v) is 8.27. The Morgan fingerprint density at radius 2 is 1.17 bits per heavy atom. The molecule has 0 saturated carbocycles. The van der Waals surface area contributed by atoms with E-state index in [1.165, 1.54) is 0 Å². The van der Waals surface area contributed by atoms with Crippen molar-refractivity contribution >= 4 is 28.6 Å². The number of hydrogen-bond donors (Lipinski definition) is 0. The zero-order valence-corrected chi connectivity index (χ0v) is 10.7. The van der Waals surface area contributed by atoms with E-state index in [1.807, 2.05) is 30.3 Å². The van der Waals surface area contributed by atoms with Crippen LogP contribution in [0.2, 0.25) is 0 Å². The molecule has 0 heterocycles. The standard InChI is InChI=1S/C6H5.3ClH.2Li.Pd/c1-2-4-6-5-3-1;;;;;;/h1-5H;3*1H;;;/q-1;;;;2*+1;+2/p-3. The van der Waals surface area contributed by atoms with E-state index in [0.717, 1.165) is 0 Å². The van der Waals surface area contributed by atoms with Crippen molar-refractivity contribution in [1.29, 1.82) is 0 Å². The van der Waals surface area contributed by atoms with Gasteiger partial charge in [-0.15, -0.1) is 0 Å². The fraction of sp³-hybridized carbons (Fsp3) is 0. The molecule has 0 saturated heterocycles. The van der Waals surface area contributed by atoms with Gasteiger partial charge in [-0.3, -0.25) is 0 Å². The summed E-state index contributed by atoms with van der Waals surface area (Å²) in [6.07, 6.45) is 0. The van der Waals surface area contributed by atoms with E-state index >= 15 is 0 Å². The van der Waals surface area contributed by atoms with E-state index in [4.69, 9.17) is 28.6 Å². The topological polar surface area (TPSA) is 0 Å². The van der Waals surface area contributed by atoms with E-state index in [-0.39, 0.29) is 37.7 Å². The van der Waals surface area contributed by atoms with Crippen molar-refractivity contribution in [3.63, 3.8) is 0 Å². The molecule has 1 aromatic carbocycles. The molecule has 6 heteroatoms. The summed E-state index contributed by atoms with van der Waals surface area (Å²) in [4.78, 5) is 0. The van der Waals surface area contributed by atoms with E-state index < -0.39 is 13.7 Å². The summed E-state index contributed by atoms with van der Waals surface area (Å²) in [5.41, 5.74) is 0. The van der Waals surface area contributed by atoms with Gasteiger partial charge in [0.15, 0.2) is 0 Å². The number of halogens is 3. The monoisotopic (exact) mass is 302 g/mol. The number of rotatable bonds is 0. The Balaban J connectivity index is -0.000000124. The van der Waals surface area contributed by atoms with Gasteiger partial charge in [0.1, 0.15) is 0 Å². The molecule has 0 nitrogen and oxygen atoms in total. The third-order valence-corrected chi connectivity index (χ3v) is 0.607. The molecule has 0 spiro atoms. The van der Waals surface area contributed by atoms with Gasteiger partial charge in [0.2, 0.25) is 0 Å². The molecule has 62 valence electrons. The molecule has 0 amide bonds. The largest absolute Gasteiger partial charge is 1.00 e. The van der Waals surface area contributed by atoms with Crippen LogP contribution < -0.4 is 37.7 Å². The fourth-order valence-electron chi connectivity index (χ4n) is 0.342.